The molecule has 12 nitrogen and oxygen atoms in total. The third kappa shape index (κ3) is 10.7. The lowest BCUT2D eigenvalue weighted by molar-refractivity contribution is -0.294. The number of terminal acetylenes is 1. The molecule has 0 unspecified atom stereocenters. The van der Waals surface area contributed by atoms with Crippen LogP contribution >= 0.6 is 0 Å². The molecule has 43 heavy (non-hydrogen) atoms. The maximum atomic E-state index is 12.8. The van der Waals surface area contributed by atoms with Gasteiger partial charge in [0.05, 0.1) is 38.6 Å². The summed E-state index contributed by atoms with van der Waals surface area (Å²) in [5.74, 6) is -0.711. The Morgan fingerprint density at radius 1 is 1.07 bits per heavy atom. The first-order valence-corrected chi connectivity index (χ1v) is 13.9. The van der Waals surface area contributed by atoms with Crippen LogP contribution in [0.25, 0.3) is 0 Å². The van der Waals surface area contributed by atoms with Crippen molar-refractivity contribution < 1.29 is 48.3 Å². The van der Waals surface area contributed by atoms with Gasteiger partial charge in [-0.05, 0) is 43.2 Å². The number of hydrogen-bond acceptors (Lipinski definition) is 9. The molecule has 4 N–H and O–H groups in total. The van der Waals surface area contributed by atoms with Crippen LogP contribution in [-0.4, -0.2) is 91.6 Å². The molecule has 1 fully saturated rings. The van der Waals surface area contributed by atoms with E-state index in [0.717, 1.165) is 0 Å². The fourth-order valence-corrected chi connectivity index (χ4v) is 4.50. The number of carboxylic acids is 1. The number of aliphatic carboxylic acids is 1. The molecule has 3 rings (SSSR count). The number of carbonyl (C=O) groups excluding carboxylic acids is 2. The molecule has 0 aromatic heterocycles. The van der Waals surface area contributed by atoms with Gasteiger partial charge in [-0.1, -0.05) is 30.2 Å². The summed E-state index contributed by atoms with van der Waals surface area (Å²) in [5.41, 5.74) is 0.357. The number of benzene rings is 2. The molecule has 0 radical (unpaired) electrons. The van der Waals surface area contributed by atoms with Crippen molar-refractivity contribution in [3.05, 3.63) is 60.2 Å². The van der Waals surface area contributed by atoms with Crippen LogP contribution in [0.15, 0.2) is 54.6 Å². The number of para-hydroxylation sites is 1. The first-order valence-electron chi connectivity index (χ1n) is 13.9. The maximum Gasteiger partial charge on any atom is 0.364 e. The SMILES string of the molecule is C#CCOCCOCCO[C@@]1(C(=O)O)CC[C@@H](NC(C)=O)[C@H]([C@H](O)CCNC(=O)c2cccc(Oc3ccccc3)c2)O1. The summed E-state index contributed by atoms with van der Waals surface area (Å²) >= 11 is 0. The van der Waals surface area contributed by atoms with Crippen molar-refractivity contribution in [2.75, 3.05) is 39.6 Å². The number of hydrogen-bond donors (Lipinski definition) is 4. The lowest BCUT2D eigenvalue weighted by Gasteiger charge is -2.43. The highest BCUT2D eigenvalue weighted by molar-refractivity contribution is 5.94. The minimum atomic E-state index is -2.05. The Bertz CT molecular complexity index is 1230. The van der Waals surface area contributed by atoms with Crippen molar-refractivity contribution in [1.29, 1.82) is 0 Å². The molecule has 2 aromatic rings. The summed E-state index contributed by atoms with van der Waals surface area (Å²) in [6, 6.07) is 15.1. The van der Waals surface area contributed by atoms with Gasteiger partial charge < -0.3 is 44.5 Å². The quantitative estimate of drug-likeness (QED) is 0.157. The van der Waals surface area contributed by atoms with Crippen LogP contribution in [0.1, 0.15) is 36.5 Å². The van der Waals surface area contributed by atoms with Crippen LogP contribution in [0.5, 0.6) is 11.5 Å². The maximum absolute atomic E-state index is 12.8. The molecule has 4 atom stereocenters. The van der Waals surface area contributed by atoms with Gasteiger partial charge in [-0.2, -0.15) is 0 Å². The van der Waals surface area contributed by atoms with Crippen molar-refractivity contribution in [3.63, 3.8) is 0 Å². The Hall–Kier alpha value is -3.99. The van der Waals surface area contributed by atoms with E-state index in [4.69, 9.17) is 30.1 Å². The molecule has 12 heteroatoms. The van der Waals surface area contributed by atoms with E-state index in [1.165, 1.54) is 6.92 Å². The molecule has 232 valence electrons. The standard InChI is InChI=1S/C31H38N2O10/c1-3-16-39-17-18-40-19-20-41-31(30(37)38)14-12-26(33-22(2)34)28(43-31)27(35)13-15-32-29(36)23-8-7-11-25(21-23)42-24-9-5-4-6-10-24/h1,4-11,21,26-28,35H,12-20H2,2H3,(H,32,36)(H,33,34)(H,37,38)/t26-,27-,28-,31+/m1/s1. The summed E-state index contributed by atoms with van der Waals surface area (Å²) in [5, 5.41) is 26.5. The first-order chi connectivity index (χ1) is 20.7. The van der Waals surface area contributed by atoms with Gasteiger partial charge in [-0.15, -0.1) is 6.42 Å². The van der Waals surface area contributed by atoms with Crippen LogP contribution in [0.3, 0.4) is 0 Å². The lowest BCUT2D eigenvalue weighted by Crippen LogP contribution is -2.61. The van der Waals surface area contributed by atoms with Crippen molar-refractivity contribution in [1.82, 2.24) is 10.6 Å². The van der Waals surface area contributed by atoms with Gasteiger partial charge in [0.25, 0.3) is 11.7 Å². The van der Waals surface area contributed by atoms with Gasteiger partial charge in [0.1, 0.15) is 24.2 Å². The number of amides is 2. The van der Waals surface area contributed by atoms with Gasteiger partial charge in [-0.25, -0.2) is 4.79 Å². The smallest absolute Gasteiger partial charge is 0.364 e. The molecule has 0 bridgehead atoms. The van der Waals surface area contributed by atoms with Crippen molar-refractivity contribution in [2.45, 2.75) is 50.2 Å². The fraction of sp³-hybridized carbons (Fsp3) is 0.452. The van der Waals surface area contributed by atoms with Crippen LogP contribution in [0, 0.1) is 12.3 Å². The molecule has 1 saturated heterocycles. The number of carbonyl (C=O) groups is 3. The normalized spacial score (nSPS) is 20.4. The van der Waals surface area contributed by atoms with E-state index >= 15 is 0 Å². The molecule has 0 aliphatic carbocycles. The topological polar surface area (TPSA) is 162 Å². The number of ether oxygens (including phenoxy) is 5. The Morgan fingerprint density at radius 2 is 1.79 bits per heavy atom. The highest BCUT2D eigenvalue weighted by Crippen LogP contribution is 2.33. The van der Waals surface area contributed by atoms with Gasteiger partial charge in [0.15, 0.2) is 0 Å². The van der Waals surface area contributed by atoms with Gasteiger partial charge in [0, 0.05) is 25.5 Å². The lowest BCUT2D eigenvalue weighted by atomic mass is 9.91. The van der Waals surface area contributed by atoms with E-state index in [-0.39, 0.29) is 70.7 Å². The van der Waals surface area contributed by atoms with Crippen molar-refractivity contribution in [2.24, 2.45) is 0 Å². The van der Waals surface area contributed by atoms with E-state index < -0.39 is 30.0 Å². The number of rotatable bonds is 17. The summed E-state index contributed by atoms with van der Waals surface area (Å²) in [6.45, 7) is 2.03. The molecule has 1 heterocycles. The number of aliphatic hydroxyl groups excluding tert-OH is 1. The Morgan fingerprint density at radius 3 is 2.51 bits per heavy atom. The number of aliphatic hydroxyl groups is 1. The summed E-state index contributed by atoms with van der Waals surface area (Å²) < 4.78 is 27.8. The predicted octanol–water partition coefficient (Wildman–Crippen LogP) is 2.11. The van der Waals surface area contributed by atoms with Gasteiger partial charge in [0.2, 0.25) is 5.91 Å². The Balaban J connectivity index is 1.56. The van der Waals surface area contributed by atoms with Gasteiger partial charge >= 0.3 is 5.97 Å². The molecule has 1 aliphatic heterocycles. The average molecular weight is 599 g/mol. The second-order valence-electron chi connectivity index (χ2n) is 9.76. The average Bonchev–Trinajstić information content (AvgIpc) is 2.99. The second-order valence-corrected chi connectivity index (χ2v) is 9.76. The third-order valence-electron chi connectivity index (χ3n) is 6.52. The largest absolute Gasteiger partial charge is 0.477 e. The zero-order valence-electron chi connectivity index (χ0n) is 24.0. The fourth-order valence-electron chi connectivity index (χ4n) is 4.50. The van der Waals surface area contributed by atoms with Crippen molar-refractivity contribution >= 4 is 17.8 Å². The molecule has 0 saturated carbocycles. The van der Waals surface area contributed by atoms with E-state index in [1.54, 1.807) is 36.4 Å². The Labute approximate surface area is 250 Å². The second kappa shape index (κ2) is 17.2. The zero-order chi connectivity index (χ0) is 31.1. The van der Waals surface area contributed by atoms with Crippen LogP contribution < -0.4 is 15.4 Å². The highest BCUT2D eigenvalue weighted by Gasteiger charge is 2.51. The van der Waals surface area contributed by atoms with E-state index in [9.17, 15) is 24.6 Å². The third-order valence-corrected chi connectivity index (χ3v) is 6.52. The monoisotopic (exact) mass is 598 g/mol. The van der Waals surface area contributed by atoms with E-state index in [0.29, 0.717) is 17.1 Å². The molecule has 2 aromatic carbocycles. The van der Waals surface area contributed by atoms with Crippen molar-refractivity contribution in [3.8, 4) is 23.8 Å². The minimum absolute atomic E-state index is 0.0170. The molecular weight excluding hydrogens is 560 g/mol. The molecular formula is C31H38N2O10. The molecule has 0 spiro atoms. The van der Waals surface area contributed by atoms with Gasteiger partial charge in [-0.3, -0.25) is 9.59 Å². The number of carboxylic acid groups (broad SMARTS) is 1. The van der Waals surface area contributed by atoms with Crippen LogP contribution in [0.4, 0.5) is 0 Å². The zero-order valence-corrected chi connectivity index (χ0v) is 24.0. The first kappa shape index (κ1) is 33.5. The summed E-state index contributed by atoms with van der Waals surface area (Å²) in [4.78, 5) is 36.9. The van der Waals surface area contributed by atoms with E-state index in [2.05, 4.69) is 16.6 Å². The molecule has 1 aliphatic rings. The van der Waals surface area contributed by atoms with Crippen LogP contribution in [-0.2, 0) is 28.5 Å². The minimum Gasteiger partial charge on any atom is -0.477 e. The predicted molar refractivity (Wildman–Crippen MR) is 154 cm³/mol. The highest BCUT2D eigenvalue weighted by atomic mass is 16.7. The van der Waals surface area contributed by atoms with E-state index in [1.807, 2.05) is 18.2 Å². The number of nitrogens with one attached hydrogen (secondary N) is 2. The summed E-state index contributed by atoms with van der Waals surface area (Å²) in [6.07, 6.45) is 2.87. The van der Waals surface area contributed by atoms with Crippen LogP contribution in [0.2, 0.25) is 0 Å². The molecule has 2 amide bonds. The summed E-state index contributed by atoms with van der Waals surface area (Å²) in [7, 11) is 0. The Kier molecular flexibility index (Phi) is 13.4.